The van der Waals surface area contributed by atoms with Gasteiger partial charge in [-0.05, 0) is 23.6 Å². The first-order chi connectivity index (χ1) is 14.8. The average molecular weight is 425 g/mol. The number of rotatable bonds is 9. The Balaban J connectivity index is 1.91. The van der Waals surface area contributed by atoms with Gasteiger partial charge >= 0.3 is 12.0 Å². The van der Waals surface area contributed by atoms with Crippen molar-refractivity contribution in [3.05, 3.63) is 71.8 Å². The number of esters is 1. The summed E-state index contributed by atoms with van der Waals surface area (Å²) in [6, 6.07) is 16.3. The molecule has 0 saturated carbocycles. The largest absolute Gasteiger partial charge is 0.455 e. The number of benzene rings is 2. The summed E-state index contributed by atoms with van der Waals surface area (Å²) >= 11 is 0. The van der Waals surface area contributed by atoms with E-state index in [4.69, 9.17) is 4.74 Å². The van der Waals surface area contributed by atoms with Crippen molar-refractivity contribution in [2.24, 2.45) is 5.92 Å². The van der Waals surface area contributed by atoms with Gasteiger partial charge < -0.3 is 15.4 Å². The first-order valence-corrected chi connectivity index (χ1v) is 9.99. The zero-order chi connectivity index (χ0) is 22.6. The van der Waals surface area contributed by atoms with Gasteiger partial charge in [-0.2, -0.15) is 0 Å². The van der Waals surface area contributed by atoms with Gasteiger partial charge in [-0.15, -0.1) is 0 Å². The van der Waals surface area contributed by atoms with Crippen LogP contribution in [-0.2, 0) is 14.3 Å². The molecule has 2 aromatic rings. The molecule has 0 radical (unpaired) electrons. The van der Waals surface area contributed by atoms with E-state index in [1.807, 2.05) is 19.9 Å². The van der Waals surface area contributed by atoms with Gasteiger partial charge in [0.2, 0.25) is 0 Å². The van der Waals surface area contributed by atoms with E-state index >= 15 is 0 Å². The smallest absolute Gasteiger partial charge is 0.321 e. The summed E-state index contributed by atoms with van der Waals surface area (Å²) in [5.74, 6) is -1.51. The zero-order valence-corrected chi connectivity index (χ0v) is 17.6. The molecule has 0 heterocycles. The zero-order valence-electron chi connectivity index (χ0n) is 17.6. The van der Waals surface area contributed by atoms with Crippen LogP contribution in [0.2, 0.25) is 0 Å². The Morgan fingerprint density at radius 2 is 1.52 bits per heavy atom. The minimum Gasteiger partial charge on any atom is -0.455 e. The molecule has 0 aliphatic carbocycles. The minimum atomic E-state index is -0.737. The molecular formula is C23H27N3O5. The fourth-order valence-corrected chi connectivity index (χ4v) is 2.64. The summed E-state index contributed by atoms with van der Waals surface area (Å²) in [6.07, 6.45) is -0.171. The number of nitrogens with one attached hydrogen (secondary N) is 3. The van der Waals surface area contributed by atoms with Gasteiger partial charge in [-0.25, -0.2) is 4.79 Å². The van der Waals surface area contributed by atoms with Crippen LogP contribution < -0.4 is 16.0 Å². The predicted octanol–water partition coefficient (Wildman–Crippen LogP) is 2.57. The van der Waals surface area contributed by atoms with E-state index in [0.29, 0.717) is 12.1 Å². The fraction of sp³-hybridized carbons (Fsp3) is 0.304. The van der Waals surface area contributed by atoms with Crippen LogP contribution in [0.1, 0.15) is 42.2 Å². The van der Waals surface area contributed by atoms with Gasteiger partial charge in [-0.1, -0.05) is 62.4 Å². The third-order valence-corrected chi connectivity index (χ3v) is 4.20. The molecule has 0 bridgehead atoms. The number of imide groups is 1. The van der Waals surface area contributed by atoms with Crippen molar-refractivity contribution in [3.8, 4) is 0 Å². The van der Waals surface area contributed by atoms with E-state index in [-0.39, 0.29) is 18.2 Å². The predicted molar refractivity (Wildman–Crippen MR) is 115 cm³/mol. The van der Waals surface area contributed by atoms with Crippen molar-refractivity contribution in [1.29, 1.82) is 0 Å². The van der Waals surface area contributed by atoms with Crippen molar-refractivity contribution in [3.63, 3.8) is 0 Å². The summed E-state index contributed by atoms with van der Waals surface area (Å²) in [4.78, 5) is 48.2. The molecule has 8 heteroatoms. The van der Waals surface area contributed by atoms with E-state index < -0.39 is 30.6 Å². The monoisotopic (exact) mass is 425 g/mol. The number of ether oxygens (including phenoxy) is 1. The molecule has 2 rings (SSSR count). The molecule has 2 aromatic carbocycles. The lowest BCUT2D eigenvalue weighted by Crippen LogP contribution is -2.42. The lowest BCUT2D eigenvalue weighted by Gasteiger charge is -2.18. The Morgan fingerprint density at radius 1 is 0.903 bits per heavy atom. The highest BCUT2D eigenvalue weighted by Crippen LogP contribution is 2.18. The number of amides is 4. The molecule has 31 heavy (non-hydrogen) atoms. The molecular weight excluding hydrogens is 398 g/mol. The number of hydrogen-bond acceptors (Lipinski definition) is 5. The normalized spacial score (nSPS) is 11.3. The van der Waals surface area contributed by atoms with Gasteiger partial charge in [0.15, 0.2) is 6.61 Å². The van der Waals surface area contributed by atoms with Crippen LogP contribution in [0.3, 0.4) is 0 Å². The Bertz CT molecular complexity index is 885. The average Bonchev–Trinajstić information content (AvgIpc) is 2.77. The van der Waals surface area contributed by atoms with Crippen molar-refractivity contribution in [1.82, 2.24) is 16.0 Å². The molecule has 0 saturated heterocycles. The first-order valence-electron chi connectivity index (χ1n) is 9.99. The first kappa shape index (κ1) is 23.6. The Kier molecular flexibility index (Phi) is 9.22. The number of urea groups is 1. The standard InChI is InChI=1S/C23H27N3O5/c1-16(2)14-24-23(30)26-20(27)15-31-21(28)13-19(17-9-5-3-6-10-17)25-22(29)18-11-7-4-8-12-18/h3-12,16,19H,13-15H2,1-2H3,(H,25,29)(H2,24,26,27,30)/t19-/m0/s1. The van der Waals surface area contributed by atoms with Gasteiger partial charge in [0.1, 0.15) is 0 Å². The van der Waals surface area contributed by atoms with E-state index in [9.17, 15) is 19.2 Å². The van der Waals surface area contributed by atoms with E-state index in [0.717, 1.165) is 5.56 Å². The van der Waals surface area contributed by atoms with E-state index in [1.165, 1.54) is 0 Å². The molecule has 0 spiro atoms. The number of carbonyl (C=O) groups excluding carboxylic acids is 4. The molecule has 0 unspecified atom stereocenters. The Morgan fingerprint density at radius 3 is 2.13 bits per heavy atom. The summed E-state index contributed by atoms with van der Waals surface area (Å²) in [5.41, 5.74) is 1.19. The summed E-state index contributed by atoms with van der Waals surface area (Å²) in [5, 5.41) is 7.45. The van der Waals surface area contributed by atoms with Gasteiger partial charge in [0.25, 0.3) is 11.8 Å². The number of carbonyl (C=O) groups is 4. The summed E-state index contributed by atoms with van der Waals surface area (Å²) < 4.78 is 4.99. The topological polar surface area (TPSA) is 114 Å². The third-order valence-electron chi connectivity index (χ3n) is 4.20. The SMILES string of the molecule is CC(C)CNC(=O)NC(=O)COC(=O)C[C@H](NC(=O)c1ccccc1)c1ccccc1. The fourth-order valence-electron chi connectivity index (χ4n) is 2.64. The maximum atomic E-state index is 12.5. The van der Waals surface area contributed by atoms with Crippen LogP contribution in [0.25, 0.3) is 0 Å². The second-order valence-electron chi connectivity index (χ2n) is 7.32. The lowest BCUT2D eigenvalue weighted by molar-refractivity contribution is -0.148. The van der Waals surface area contributed by atoms with Gasteiger partial charge in [0, 0.05) is 12.1 Å². The highest BCUT2D eigenvalue weighted by atomic mass is 16.5. The molecule has 1 atom stereocenters. The summed E-state index contributed by atoms with van der Waals surface area (Å²) in [6.45, 7) is 3.66. The molecule has 3 N–H and O–H groups in total. The summed E-state index contributed by atoms with van der Waals surface area (Å²) in [7, 11) is 0. The van der Waals surface area contributed by atoms with Crippen molar-refractivity contribution < 1.29 is 23.9 Å². The highest BCUT2D eigenvalue weighted by Gasteiger charge is 2.21. The Hall–Kier alpha value is -3.68. The minimum absolute atomic E-state index is 0.171. The van der Waals surface area contributed by atoms with Crippen molar-refractivity contribution in [2.45, 2.75) is 26.3 Å². The van der Waals surface area contributed by atoms with Crippen LogP contribution in [-0.4, -0.2) is 37.0 Å². The molecule has 0 aliphatic rings. The molecule has 8 nitrogen and oxygen atoms in total. The van der Waals surface area contributed by atoms with E-state index in [1.54, 1.807) is 54.6 Å². The van der Waals surface area contributed by atoms with Crippen LogP contribution in [0.15, 0.2) is 60.7 Å². The third kappa shape index (κ3) is 8.69. The van der Waals surface area contributed by atoms with Crippen molar-refractivity contribution in [2.75, 3.05) is 13.2 Å². The lowest BCUT2D eigenvalue weighted by atomic mass is 10.0. The van der Waals surface area contributed by atoms with Crippen LogP contribution in [0.5, 0.6) is 0 Å². The van der Waals surface area contributed by atoms with Crippen LogP contribution >= 0.6 is 0 Å². The second-order valence-corrected chi connectivity index (χ2v) is 7.32. The van der Waals surface area contributed by atoms with Crippen LogP contribution in [0, 0.1) is 5.92 Å². The highest BCUT2D eigenvalue weighted by molar-refractivity contribution is 5.96. The molecule has 0 aliphatic heterocycles. The molecule has 0 fully saturated rings. The maximum absolute atomic E-state index is 12.5. The molecule has 164 valence electrons. The molecule has 4 amide bonds. The van der Waals surface area contributed by atoms with Gasteiger partial charge in [0.05, 0.1) is 12.5 Å². The van der Waals surface area contributed by atoms with E-state index in [2.05, 4.69) is 16.0 Å². The van der Waals surface area contributed by atoms with Gasteiger partial charge in [-0.3, -0.25) is 19.7 Å². The molecule has 0 aromatic heterocycles. The maximum Gasteiger partial charge on any atom is 0.321 e. The van der Waals surface area contributed by atoms with Crippen molar-refractivity contribution >= 4 is 23.8 Å². The quantitative estimate of drug-likeness (QED) is 0.535. The Labute approximate surface area is 181 Å². The second kappa shape index (κ2) is 12.1. The van der Waals surface area contributed by atoms with Crippen LogP contribution in [0.4, 0.5) is 4.79 Å². The number of hydrogen-bond donors (Lipinski definition) is 3.